The zero-order valence-corrected chi connectivity index (χ0v) is 10.7. The molecule has 0 atom stereocenters. The molecule has 0 N–H and O–H groups in total. The summed E-state index contributed by atoms with van der Waals surface area (Å²) >= 11 is 0. The van der Waals surface area contributed by atoms with Gasteiger partial charge in [0.1, 0.15) is 0 Å². The van der Waals surface area contributed by atoms with Gasteiger partial charge in [0.2, 0.25) is 0 Å². The van der Waals surface area contributed by atoms with Crippen molar-refractivity contribution in [3.8, 4) is 0 Å². The van der Waals surface area contributed by atoms with Gasteiger partial charge >= 0.3 is 5.97 Å². The van der Waals surface area contributed by atoms with Crippen molar-refractivity contribution in [3.63, 3.8) is 0 Å². The van der Waals surface area contributed by atoms with Gasteiger partial charge in [0.25, 0.3) is 0 Å². The Hall–Kier alpha value is 0.353. The van der Waals surface area contributed by atoms with Gasteiger partial charge < -0.3 is 4.74 Å². The molecule has 3 heteroatoms. The van der Waals surface area contributed by atoms with Gasteiger partial charge in [-0.15, -0.1) is 0 Å². The fraction of sp³-hybridized carbons (Fsp3) is 0.889. The van der Waals surface area contributed by atoms with E-state index in [9.17, 15) is 4.79 Å². The molecule has 0 aliphatic heterocycles. The summed E-state index contributed by atoms with van der Waals surface area (Å²) in [7, 11) is 0. The maximum Gasteiger partial charge on any atom is 0.306 e. The van der Waals surface area contributed by atoms with Crippen LogP contribution in [-0.4, -0.2) is 12.1 Å². The van der Waals surface area contributed by atoms with Gasteiger partial charge in [0, 0.05) is 32.6 Å². The van der Waals surface area contributed by atoms with Crippen molar-refractivity contribution in [3.05, 3.63) is 0 Å². The van der Waals surface area contributed by atoms with Crippen LogP contribution in [0.5, 0.6) is 0 Å². The minimum atomic E-state index is -0.0616. The number of rotatable bonds is 5. The van der Waals surface area contributed by atoms with Gasteiger partial charge in [-0.1, -0.05) is 19.8 Å². The summed E-state index contributed by atoms with van der Waals surface area (Å²) in [5.41, 5.74) is 0. The first kappa shape index (κ1) is 14.9. The van der Waals surface area contributed by atoms with Gasteiger partial charge in [0.15, 0.2) is 0 Å². The number of carbonyl (C=O) groups excluding carboxylic acids is 1. The normalized spacial score (nSPS) is 9.33. The first-order valence-electron chi connectivity index (χ1n) is 4.36. The van der Waals surface area contributed by atoms with Crippen molar-refractivity contribution in [1.82, 2.24) is 0 Å². The summed E-state index contributed by atoms with van der Waals surface area (Å²) in [4.78, 5) is 10.9. The Morgan fingerprint density at radius 1 is 1.33 bits per heavy atom. The topological polar surface area (TPSA) is 26.3 Å². The van der Waals surface area contributed by atoms with Gasteiger partial charge in [-0.2, -0.15) is 0 Å². The van der Waals surface area contributed by atoms with Gasteiger partial charge in [0.05, 0.1) is 6.10 Å². The van der Waals surface area contributed by atoms with Crippen LogP contribution in [0, 0.1) is 0 Å². The van der Waals surface area contributed by atoms with Gasteiger partial charge in [-0.3, -0.25) is 4.79 Å². The minimum Gasteiger partial charge on any atom is -0.463 e. The smallest absolute Gasteiger partial charge is 0.306 e. The zero-order valence-electron chi connectivity index (χ0n) is 8.22. The van der Waals surface area contributed by atoms with E-state index in [2.05, 4.69) is 6.92 Å². The molecular formula is C9H18O2Zr. The molecule has 0 aliphatic carbocycles. The number of hydrogen-bond acceptors (Lipinski definition) is 2. The molecule has 70 valence electrons. The molecule has 12 heavy (non-hydrogen) atoms. The second kappa shape index (κ2) is 9.44. The fourth-order valence-corrected chi connectivity index (χ4v) is 0.841. The standard InChI is InChI=1S/C9H18O2.Zr/c1-4-5-6-7-9(10)11-8(2)3;/h8H,4-7H2,1-3H3;. The van der Waals surface area contributed by atoms with Crippen LogP contribution in [0.25, 0.3) is 0 Å². The van der Waals surface area contributed by atoms with Crippen LogP contribution in [0.4, 0.5) is 0 Å². The Balaban J connectivity index is 0. The van der Waals surface area contributed by atoms with Gasteiger partial charge in [-0.25, -0.2) is 0 Å². The van der Waals surface area contributed by atoms with Crippen LogP contribution >= 0.6 is 0 Å². The molecule has 0 spiro atoms. The summed E-state index contributed by atoms with van der Waals surface area (Å²) in [6, 6.07) is 0. The monoisotopic (exact) mass is 248 g/mol. The van der Waals surface area contributed by atoms with Crippen LogP contribution in [-0.2, 0) is 35.7 Å². The Morgan fingerprint density at radius 3 is 2.33 bits per heavy atom. The molecule has 0 heterocycles. The van der Waals surface area contributed by atoms with E-state index < -0.39 is 0 Å². The zero-order chi connectivity index (χ0) is 8.69. The van der Waals surface area contributed by atoms with E-state index in [1.807, 2.05) is 13.8 Å². The molecule has 0 aromatic heterocycles. The van der Waals surface area contributed by atoms with Crippen molar-refractivity contribution in [2.45, 2.75) is 52.6 Å². The predicted octanol–water partition coefficient (Wildman–Crippen LogP) is 2.52. The predicted molar refractivity (Wildman–Crippen MR) is 45.4 cm³/mol. The van der Waals surface area contributed by atoms with Crippen molar-refractivity contribution >= 4 is 5.97 Å². The SMILES string of the molecule is CCCCCC(=O)OC(C)C.[Zr]. The molecule has 0 aliphatic rings. The number of unbranched alkanes of at least 4 members (excludes halogenated alkanes) is 2. The maximum atomic E-state index is 10.9. The van der Waals surface area contributed by atoms with E-state index in [1.54, 1.807) is 0 Å². The Kier molecular flexibility index (Phi) is 11.7. The maximum absolute atomic E-state index is 10.9. The van der Waals surface area contributed by atoms with Crippen LogP contribution < -0.4 is 0 Å². The molecular weight excluding hydrogens is 231 g/mol. The summed E-state index contributed by atoms with van der Waals surface area (Å²) in [6.45, 7) is 5.86. The molecule has 0 saturated heterocycles. The van der Waals surface area contributed by atoms with Crippen LogP contribution in [0.15, 0.2) is 0 Å². The van der Waals surface area contributed by atoms with E-state index in [1.165, 1.54) is 0 Å². The third kappa shape index (κ3) is 10.4. The van der Waals surface area contributed by atoms with Crippen molar-refractivity contribution in [2.24, 2.45) is 0 Å². The third-order valence-corrected chi connectivity index (χ3v) is 1.35. The van der Waals surface area contributed by atoms with Crippen molar-refractivity contribution in [2.75, 3.05) is 0 Å². The molecule has 0 rings (SSSR count). The third-order valence-electron chi connectivity index (χ3n) is 1.35. The Bertz CT molecular complexity index is 113. The van der Waals surface area contributed by atoms with E-state index in [0.717, 1.165) is 19.3 Å². The average molecular weight is 249 g/mol. The fourth-order valence-electron chi connectivity index (χ4n) is 0.841. The van der Waals surface area contributed by atoms with Gasteiger partial charge in [-0.05, 0) is 20.3 Å². The first-order chi connectivity index (χ1) is 5.16. The molecule has 0 bridgehead atoms. The molecule has 0 saturated carbocycles. The van der Waals surface area contributed by atoms with Crippen LogP contribution in [0.2, 0.25) is 0 Å². The molecule has 0 aromatic carbocycles. The molecule has 0 unspecified atom stereocenters. The minimum absolute atomic E-state index is 0. The molecule has 0 aromatic rings. The summed E-state index contributed by atoms with van der Waals surface area (Å²) in [5, 5.41) is 0. The largest absolute Gasteiger partial charge is 0.463 e. The van der Waals surface area contributed by atoms with Crippen molar-refractivity contribution < 1.29 is 35.7 Å². The number of hydrogen-bond donors (Lipinski definition) is 0. The molecule has 0 radical (unpaired) electrons. The summed E-state index contributed by atoms with van der Waals surface area (Å²) in [5.74, 6) is -0.0616. The Labute approximate surface area is 94.2 Å². The average Bonchev–Trinajstić information content (AvgIpc) is 1.86. The first-order valence-corrected chi connectivity index (χ1v) is 4.36. The summed E-state index contributed by atoms with van der Waals surface area (Å²) < 4.78 is 4.96. The van der Waals surface area contributed by atoms with Crippen LogP contribution in [0.3, 0.4) is 0 Å². The Morgan fingerprint density at radius 2 is 1.92 bits per heavy atom. The quantitative estimate of drug-likeness (QED) is 0.553. The second-order valence-corrected chi connectivity index (χ2v) is 3.00. The molecule has 0 amide bonds. The molecule has 2 nitrogen and oxygen atoms in total. The van der Waals surface area contributed by atoms with Crippen molar-refractivity contribution in [1.29, 1.82) is 0 Å². The number of esters is 1. The second-order valence-electron chi connectivity index (χ2n) is 3.00. The number of carbonyl (C=O) groups is 1. The van der Waals surface area contributed by atoms with E-state index in [0.29, 0.717) is 6.42 Å². The number of ether oxygens (including phenoxy) is 1. The van der Waals surface area contributed by atoms with E-state index in [-0.39, 0.29) is 38.3 Å². The molecule has 0 fully saturated rings. The van der Waals surface area contributed by atoms with E-state index in [4.69, 9.17) is 4.74 Å². The van der Waals surface area contributed by atoms with E-state index >= 15 is 0 Å². The summed E-state index contributed by atoms with van der Waals surface area (Å²) in [6.07, 6.45) is 3.83. The van der Waals surface area contributed by atoms with Crippen LogP contribution in [0.1, 0.15) is 46.5 Å².